The number of hydrogen-bond donors (Lipinski definition) is 1. The minimum atomic E-state index is -0.387. The van der Waals surface area contributed by atoms with E-state index in [-0.39, 0.29) is 11.6 Å². The molecule has 1 fully saturated rings. The third-order valence-corrected chi connectivity index (χ3v) is 3.92. The number of nitrogens with zero attached hydrogens (tertiary/aromatic N) is 1. The monoisotopic (exact) mass is 254 g/mol. The van der Waals surface area contributed by atoms with E-state index in [0.717, 1.165) is 18.9 Å². The van der Waals surface area contributed by atoms with E-state index >= 15 is 0 Å². The predicted octanol–water partition coefficient (Wildman–Crippen LogP) is 2.52. The van der Waals surface area contributed by atoms with Crippen molar-refractivity contribution in [1.82, 2.24) is 4.90 Å². The summed E-state index contributed by atoms with van der Waals surface area (Å²) >= 11 is 0. The highest BCUT2D eigenvalue weighted by atomic mass is 19.1. The Morgan fingerprint density at radius 2 is 2.11 bits per heavy atom. The molecule has 0 spiro atoms. The molecule has 100 valence electrons. The molecule has 2 N–H and O–H groups in total. The van der Waals surface area contributed by atoms with Gasteiger partial charge in [-0.25, -0.2) is 8.78 Å². The summed E-state index contributed by atoms with van der Waals surface area (Å²) in [6.07, 6.45) is 3.40. The summed E-state index contributed by atoms with van der Waals surface area (Å²) < 4.78 is 26.7. The van der Waals surface area contributed by atoms with Crippen molar-refractivity contribution in [3.63, 3.8) is 0 Å². The summed E-state index contributed by atoms with van der Waals surface area (Å²) in [4.78, 5) is 2.10. The molecule has 0 saturated heterocycles. The molecule has 2 atom stereocenters. The highest BCUT2D eigenvalue weighted by Crippen LogP contribution is 2.29. The Hall–Kier alpha value is -1.00. The lowest BCUT2D eigenvalue weighted by Crippen LogP contribution is -2.37. The van der Waals surface area contributed by atoms with Gasteiger partial charge in [0.2, 0.25) is 0 Å². The van der Waals surface area contributed by atoms with Crippen LogP contribution in [0.25, 0.3) is 0 Å². The summed E-state index contributed by atoms with van der Waals surface area (Å²) in [5.74, 6) is -0.251. The van der Waals surface area contributed by atoms with Gasteiger partial charge in [0.15, 0.2) is 0 Å². The van der Waals surface area contributed by atoms with Gasteiger partial charge in [0.1, 0.15) is 11.6 Å². The van der Waals surface area contributed by atoms with Gasteiger partial charge in [-0.1, -0.05) is 6.42 Å². The molecule has 1 aromatic carbocycles. The molecule has 4 heteroatoms. The third kappa shape index (κ3) is 2.87. The molecular formula is C14H20F2N2. The van der Waals surface area contributed by atoms with E-state index in [1.807, 2.05) is 7.05 Å². The van der Waals surface area contributed by atoms with E-state index in [0.29, 0.717) is 30.6 Å². The van der Waals surface area contributed by atoms with E-state index < -0.39 is 0 Å². The van der Waals surface area contributed by atoms with Crippen molar-refractivity contribution < 1.29 is 8.78 Å². The molecule has 0 radical (unpaired) electrons. The maximum Gasteiger partial charge on any atom is 0.127 e. The van der Waals surface area contributed by atoms with Crippen LogP contribution in [0.3, 0.4) is 0 Å². The van der Waals surface area contributed by atoms with Crippen LogP contribution in [0.5, 0.6) is 0 Å². The van der Waals surface area contributed by atoms with Crippen LogP contribution < -0.4 is 5.73 Å². The van der Waals surface area contributed by atoms with E-state index in [9.17, 15) is 8.78 Å². The van der Waals surface area contributed by atoms with Crippen molar-refractivity contribution in [2.24, 2.45) is 11.7 Å². The Kier molecular flexibility index (Phi) is 4.30. The van der Waals surface area contributed by atoms with Crippen LogP contribution in [0.2, 0.25) is 0 Å². The maximum absolute atomic E-state index is 13.6. The Morgan fingerprint density at radius 1 is 1.33 bits per heavy atom. The fourth-order valence-electron chi connectivity index (χ4n) is 2.92. The van der Waals surface area contributed by atoms with E-state index in [1.54, 1.807) is 0 Å². The first-order chi connectivity index (χ1) is 8.61. The van der Waals surface area contributed by atoms with Gasteiger partial charge in [-0.05, 0) is 50.6 Å². The van der Waals surface area contributed by atoms with Crippen LogP contribution in [0.4, 0.5) is 8.78 Å². The molecule has 1 saturated carbocycles. The van der Waals surface area contributed by atoms with Gasteiger partial charge in [-0.3, -0.25) is 4.90 Å². The summed E-state index contributed by atoms with van der Waals surface area (Å²) in [5, 5.41) is 0. The Balaban J connectivity index is 2.06. The average Bonchev–Trinajstić information content (AvgIpc) is 2.82. The number of benzene rings is 1. The van der Waals surface area contributed by atoms with Gasteiger partial charge in [-0.2, -0.15) is 0 Å². The van der Waals surface area contributed by atoms with Crippen LogP contribution in [0.1, 0.15) is 24.8 Å². The lowest BCUT2D eigenvalue weighted by molar-refractivity contribution is 0.190. The first-order valence-corrected chi connectivity index (χ1v) is 6.46. The van der Waals surface area contributed by atoms with Gasteiger partial charge in [0.25, 0.3) is 0 Å². The van der Waals surface area contributed by atoms with Crippen LogP contribution in [0.15, 0.2) is 18.2 Å². The predicted molar refractivity (Wildman–Crippen MR) is 68.0 cm³/mol. The highest BCUT2D eigenvalue weighted by Gasteiger charge is 2.29. The first-order valence-electron chi connectivity index (χ1n) is 6.46. The molecular weight excluding hydrogens is 234 g/mol. The first kappa shape index (κ1) is 13.4. The topological polar surface area (TPSA) is 29.3 Å². The molecule has 2 unspecified atom stereocenters. The molecule has 1 aliphatic carbocycles. The number of rotatable bonds is 4. The highest BCUT2D eigenvalue weighted by molar-refractivity contribution is 5.18. The van der Waals surface area contributed by atoms with Crippen LogP contribution in [-0.2, 0) is 6.54 Å². The van der Waals surface area contributed by atoms with E-state index in [2.05, 4.69) is 4.90 Å². The molecule has 0 aromatic heterocycles. The molecule has 1 aromatic rings. The lowest BCUT2D eigenvalue weighted by atomic mass is 10.0. The quantitative estimate of drug-likeness (QED) is 0.894. The zero-order valence-corrected chi connectivity index (χ0v) is 10.7. The van der Waals surface area contributed by atoms with Crippen molar-refractivity contribution in [3.05, 3.63) is 35.4 Å². The van der Waals surface area contributed by atoms with Gasteiger partial charge < -0.3 is 5.73 Å². The molecule has 18 heavy (non-hydrogen) atoms. The molecule has 2 rings (SSSR count). The SMILES string of the molecule is CN(Cc1cc(F)ccc1F)C1CCCC1CN. The standard InChI is InChI=1S/C14H20F2N2/c1-18(14-4-2-3-10(14)8-17)9-11-7-12(15)5-6-13(11)16/h5-7,10,14H,2-4,8-9,17H2,1H3. The van der Waals surface area contributed by atoms with Crippen molar-refractivity contribution in [2.45, 2.75) is 31.8 Å². The zero-order chi connectivity index (χ0) is 13.1. The molecule has 0 bridgehead atoms. The largest absolute Gasteiger partial charge is 0.330 e. The fourth-order valence-corrected chi connectivity index (χ4v) is 2.92. The summed E-state index contributed by atoms with van der Waals surface area (Å²) in [6.45, 7) is 1.10. The second-order valence-corrected chi connectivity index (χ2v) is 5.14. The van der Waals surface area contributed by atoms with Crippen molar-refractivity contribution >= 4 is 0 Å². The Labute approximate surface area is 107 Å². The Bertz CT molecular complexity index is 409. The number of hydrogen-bond acceptors (Lipinski definition) is 2. The normalized spacial score (nSPS) is 23.8. The molecule has 0 amide bonds. The van der Waals surface area contributed by atoms with Crippen LogP contribution in [0, 0.1) is 17.6 Å². The summed E-state index contributed by atoms with van der Waals surface area (Å²) in [5.41, 5.74) is 6.17. The van der Waals surface area contributed by atoms with Gasteiger partial charge >= 0.3 is 0 Å². The zero-order valence-electron chi connectivity index (χ0n) is 10.7. The fraction of sp³-hybridized carbons (Fsp3) is 0.571. The van der Waals surface area contributed by atoms with Gasteiger partial charge in [0.05, 0.1) is 0 Å². The molecule has 0 heterocycles. The number of halogens is 2. The van der Waals surface area contributed by atoms with Crippen LogP contribution in [-0.4, -0.2) is 24.5 Å². The molecule has 1 aliphatic rings. The maximum atomic E-state index is 13.6. The van der Waals surface area contributed by atoms with Gasteiger partial charge in [0, 0.05) is 18.2 Å². The minimum Gasteiger partial charge on any atom is -0.330 e. The van der Waals surface area contributed by atoms with E-state index in [1.165, 1.54) is 18.6 Å². The van der Waals surface area contributed by atoms with Crippen molar-refractivity contribution in [1.29, 1.82) is 0 Å². The summed E-state index contributed by atoms with van der Waals surface area (Å²) in [7, 11) is 1.96. The smallest absolute Gasteiger partial charge is 0.127 e. The van der Waals surface area contributed by atoms with Crippen molar-refractivity contribution in [3.8, 4) is 0 Å². The molecule has 2 nitrogen and oxygen atoms in total. The van der Waals surface area contributed by atoms with E-state index in [4.69, 9.17) is 5.73 Å². The third-order valence-electron chi connectivity index (χ3n) is 3.92. The average molecular weight is 254 g/mol. The second kappa shape index (κ2) is 5.76. The minimum absolute atomic E-state index is 0.342. The molecule has 0 aliphatic heterocycles. The second-order valence-electron chi connectivity index (χ2n) is 5.14. The summed E-state index contributed by atoms with van der Waals surface area (Å²) in [6, 6.07) is 4.00. The van der Waals surface area contributed by atoms with Crippen LogP contribution >= 0.6 is 0 Å². The Morgan fingerprint density at radius 3 is 2.83 bits per heavy atom. The lowest BCUT2D eigenvalue weighted by Gasteiger charge is -2.29. The number of nitrogens with two attached hydrogens (primary N) is 1. The van der Waals surface area contributed by atoms with Crippen molar-refractivity contribution in [2.75, 3.05) is 13.6 Å². The van der Waals surface area contributed by atoms with Gasteiger partial charge in [-0.15, -0.1) is 0 Å².